The maximum Gasteiger partial charge on any atom is 0.160 e. The van der Waals surface area contributed by atoms with Crippen LogP contribution < -0.4 is 0 Å². The Bertz CT molecular complexity index is 137. The van der Waals surface area contributed by atoms with Crippen molar-refractivity contribution in [3.05, 3.63) is 0 Å². The molecule has 1 saturated heterocycles. The number of aliphatic hydroxyl groups excluding tert-OH is 1. The third-order valence-electron chi connectivity index (χ3n) is 1.30. The molecular weight excluding hydrogens is 136 g/mol. The van der Waals surface area contributed by atoms with Gasteiger partial charge in [0.05, 0.1) is 0 Å². The first kappa shape index (κ1) is 6.89. The van der Waals surface area contributed by atoms with E-state index in [1.54, 1.807) is 23.7 Å². The van der Waals surface area contributed by atoms with Gasteiger partial charge in [0.1, 0.15) is 6.23 Å². The predicted octanol–water partition coefficient (Wildman–Crippen LogP) is -0.0308. The van der Waals surface area contributed by atoms with Crippen LogP contribution in [-0.2, 0) is 0 Å². The van der Waals surface area contributed by atoms with Gasteiger partial charge in [-0.2, -0.15) is 0 Å². The molecule has 1 unspecified atom stereocenters. The standard InChI is InChI=1S/C5H10N2OS/c1-6-5-7(2)4(8)3-9-5/h4,8H,3H2,1-2H3. The zero-order chi connectivity index (χ0) is 6.85. The number of aliphatic hydroxyl groups is 1. The number of thioether (sulfide) groups is 1. The highest BCUT2D eigenvalue weighted by Crippen LogP contribution is 2.19. The van der Waals surface area contributed by atoms with Crippen molar-refractivity contribution in [2.75, 3.05) is 19.8 Å². The molecule has 0 bridgehead atoms. The number of hydrogen-bond donors (Lipinski definition) is 1. The minimum Gasteiger partial charge on any atom is -0.373 e. The molecule has 1 fully saturated rings. The van der Waals surface area contributed by atoms with Crippen LogP contribution in [0.25, 0.3) is 0 Å². The van der Waals surface area contributed by atoms with Crippen molar-refractivity contribution in [1.29, 1.82) is 0 Å². The summed E-state index contributed by atoms with van der Waals surface area (Å²) >= 11 is 1.58. The molecule has 1 atom stereocenters. The van der Waals surface area contributed by atoms with Crippen molar-refractivity contribution in [2.45, 2.75) is 6.23 Å². The first-order chi connectivity index (χ1) is 4.25. The van der Waals surface area contributed by atoms with E-state index in [2.05, 4.69) is 4.99 Å². The number of nitrogens with zero attached hydrogens (tertiary/aromatic N) is 2. The number of amidine groups is 1. The lowest BCUT2D eigenvalue weighted by molar-refractivity contribution is 0.0997. The Morgan fingerprint density at radius 2 is 2.56 bits per heavy atom. The smallest absolute Gasteiger partial charge is 0.160 e. The molecule has 1 rings (SSSR count). The van der Waals surface area contributed by atoms with Gasteiger partial charge in [0, 0.05) is 19.8 Å². The monoisotopic (exact) mass is 146 g/mol. The lowest BCUT2D eigenvalue weighted by Gasteiger charge is -2.13. The maximum absolute atomic E-state index is 9.12. The molecule has 4 heteroatoms. The highest BCUT2D eigenvalue weighted by molar-refractivity contribution is 8.14. The van der Waals surface area contributed by atoms with E-state index in [0.717, 1.165) is 10.9 Å². The maximum atomic E-state index is 9.12. The summed E-state index contributed by atoms with van der Waals surface area (Å²) in [5.74, 6) is 0.739. The van der Waals surface area contributed by atoms with Crippen LogP contribution in [0.2, 0.25) is 0 Å². The Hall–Kier alpha value is -0.220. The predicted molar refractivity (Wildman–Crippen MR) is 39.6 cm³/mol. The summed E-state index contributed by atoms with van der Waals surface area (Å²) in [7, 11) is 3.57. The van der Waals surface area contributed by atoms with Gasteiger partial charge in [0.25, 0.3) is 0 Å². The Morgan fingerprint density at radius 3 is 2.78 bits per heavy atom. The van der Waals surface area contributed by atoms with Crippen molar-refractivity contribution < 1.29 is 5.11 Å². The molecule has 9 heavy (non-hydrogen) atoms. The lowest BCUT2D eigenvalue weighted by Crippen LogP contribution is -2.29. The molecule has 0 aromatic heterocycles. The van der Waals surface area contributed by atoms with E-state index >= 15 is 0 Å². The summed E-state index contributed by atoms with van der Waals surface area (Å²) in [6.45, 7) is 0. The van der Waals surface area contributed by atoms with Crippen LogP contribution in [0.5, 0.6) is 0 Å². The van der Waals surface area contributed by atoms with Gasteiger partial charge in [-0.05, 0) is 0 Å². The van der Waals surface area contributed by atoms with Crippen LogP contribution in [0, 0.1) is 0 Å². The van der Waals surface area contributed by atoms with E-state index in [0.29, 0.717) is 0 Å². The fourth-order valence-corrected chi connectivity index (χ4v) is 1.69. The Balaban J connectivity index is 2.62. The van der Waals surface area contributed by atoms with Crippen LogP contribution in [0.1, 0.15) is 0 Å². The summed E-state index contributed by atoms with van der Waals surface area (Å²) in [5.41, 5.74) is 0. The molecule has 0 aliphatic carbocycles. The molecule has 1 aliphatic rings. The van der Waals surface area contributed by atoms with Crippen molar-refractivity contribution in [2.24, 2.45) is 4.99 Å². The number of rotatable bonds is 0. The van der Waals surface area contributed by atoms with E-state index in [1.807, 2.05) is 7.05 Å². The van der Waals surface area contributed by atoms with E-state index in [9.17, 15) is 0 Å². The molecule has 1 heterocycles. The second-order valence-corrected chi connectivity index (χ2v) is 2.90. The third-order valence-corrected chi connectivity index (χ3v) is 2.50. The molecular formula is C5H10N2OS. The summed E-state index contributed by atoms with van der Waals surface area (Å²) < 4.78 is 0. The van der Waals surface area contributed by atoms with Gasteiger partial charge in [-0.25, -0.2) is 0 Å². The molecule has 1 N–H and O–H groups in total. The fourth-order valence-electron chi connectivity index (χ4n) is 0.712. The van der Waals surface area contributed by atoms with Gasteiger partial charge < -0.3 is 10.0 Å². The Morgan fingerprint density at radius 1 is 1.89 bits per heavy atom. The second-order valence-electron chi connectivity index (χ2n) is 1.91. The Labute approximate surface area is 58.8 Å². The molecule has 0 amide bonds. The zero-order valence-electron chi connectivity index (χ0n) is 5.53. The molecule has 3 nitrogen and oxygen atoms in total. The zero-order valence-corrected chi connectivity index (χ0v) is 6.35. The van der Waals surface area contributed by atoms with Crippen molar-refractivity contribution in [1.82, 2.24) is 4.90 Å². The van der Waals surface area contributed by atoms with Gasteiger partial charge in [0.15, 0.2) is 5.17 Å². The molecule has 0 spiro atoms. The summed E-state index contributed by atoms with van der Waals surface area (Å²) in [6, 6.07) is 0. The molecule has 1 aliphatic heterocycles. The van der Waals surface area contributed by atoms with Crippen molar-refractivity contribution in [3.63, 3.8) is 0 Å². The Kier molecular flexibility index (Phi) is 1.97. The topological polar surface area (TPSA) is 35.8 Å². The van der Waals surface area contributed by atoms with Crippen molar-refractivity contribution in [3.8, 4) is 0 Å². The average molecular weight is 146 g/mol. The minimum atomic E-state index is -0.339. The third kappa shape index (κ3) is 1.19. The first-order valence-electron chi connectivity index (χ1n) is 2.76. The van der Waals surface area contributed by atoms with Crippen LogP contribution in [0.3, 0.4) is 0 Å². The van der Waals surface area contributed by atoms with Crippen LogP contribution in [-0.4, -0.2) is 41.3 Å². The highest BCUT2D eigenvalue weighted by Gasteiger charge is 2.23. The quantitative estimate of drug-likeness (QED) is 0.521. The minimum absolute atomic E-state index is 0.339. The summed E-state index contributed by atoms with van der Waals surface area (Å²) in [6.07, 6.45) is -0.339. The normalized spacial score (nSPS) is 32.1. The van der Waals surface area contributed by atoms with Crippen LogP contribution in [0.4, 0.5) is 0 Å². The molecule has 52 valence electrons. The molecule has 0 radical (unpaired) electrons. The first-order valence-corrected chi connectivity index (χ1v) is 3.74. The molecule has 0 saturated carbocycles. The van der Waals surface area contributed by atoms with Gasteiger partial charge in [0.2, 0.25) is 0 Å². The molecule has 0 aromatic rings. The highest BCUT2D eigenvalue weighted by atomic mass is 32.2. The van der Waals surface area contributed by atoms with E-state index in [-0.39, 0.29) is 6.23 Å². The number of hydrogen-bond acceptors (Lipinski definition) is 3. The average Bonchev–Trinajstić information content (AvgIpc) is 2.15. The van der Waals surface area contributed by atoms with Gasteiger partial charge in [-0.15, -0.1) is 0 Å². The van der Waals surface area contributed by atoms with Crippen LogP contribution >= 0.6 is 11.8 Å². The summed E-state index contributed by atoms with van der Waals surface area (Å²) in [4.78, 5) is 5.73. The van der Waals surface area contributed by atoms with Crippen LogP contribution in [0.15, 0.2) is 4.99 Å². The summed E-state index contributed by atoms with van der Waals surface area (Å²) in [5, 5.41) is 10.0. The van der Waals surface area contributed by atoms with E-state index in [1.165, 1.54) is 0 Å². The number of aliphatic imine (C=N–C) groups is 1. The SMILES string of the molecule is CN=C1SCC(O)N1C. The van der Waals surface area contributed by atoms with E-state index in [4.69, 9.17) is 5.11 Å². The van der Waals surface area contributed by atoms with Gasteiger partial charge in [-0.3, -0.25) is 4.99 Å². The molecule has 0 aromatic carbocycles. The lowest BCUT2D eigenvalue weighted by atomic mass is 10.6. The van der Waals surface area contributed by atoms with Crippen molar-refractivity contribution >= 4 is 16.9 Å². The second kappa shape index (κ2) is 2.58. The fraction of sp³-hybridized carbons (Fsp3) is 0.800. The van der Waals surface area contributed by atoms with E-state index < -0.39 is 0 Å². The van der Waals surface area contributed by atoms with Gasteiger partial charge in [-0.1, -0.05) is 11.8 Å². The largest absolute Gasteiger partial charge is 0.373 e. The van der Waals surface area contributed by atoms with Gasteiger partial charge >= 0.3 is 0 Å².